The Kier molecular flexibility index (Phi) is 4.98. The minimum atomic E-state index is -1.07. The molecule has 0 aliphatic rings. The lowest BCUT2D eigenvalue weighted by molar-refractivity contribution is 0.0698. The van der Waals surface area contributed by atoms with Gasteiger partial charge in [0.2, 0.25) is 0 Å². The summed E-state index contributed by atoms with van der Waals surface area (Å²) >= 11 is 4.91. The second kappa shape index (κ2) is 6.73. The minimum absolute atomic E-state index is 0.0717. The first-order valence-corrected chi connectivity index (χ1v) is 7.76. The Labute approximate surface area is 134 Å². The van der Waals surface area contributed by atoms with Gasteiger partial charge in [0.1, 0.15) is 0 Å². The Morgan fingerprint density at radius 1 is 1.33 bits per heavy atom. The Hall–Kier alpha value is -1.86. The fraction of sp³-hybridized carbons (Fsp3) is 0.143. The van der Waals surface area contributed by atoms with E-state index >= 15 is 0 Å². The van der Waals surface area contributed by atoms with Crippen molar-refractivity contribution in [2.75, 3.05) is 5.32 Å². The summed E-state index contributed by atoms with van der Waals surface area (Å²) in [7, 11) is 0. The van der Waals surface area contributed by atoms with Gasteiger partial charge in [-0.05, 0) is 45.9 Å². The van der Waals surface area contributed by atoms with E-state index in [0.717, 1.165) is 9.35 Å². The highest BCUT2D eigenvalue weighted by molar-refractivity contribution is 9.10. The molecule has 0 aliphatic heterocycles. The number of aromatic carboxylic acids is 1. The summed E-state index contributed by atoms with van der Waals surface area (Å²) in [4.78, 5) is 24.1. The number of halogens is 1. The van der Waals surface area contributed by atoms with Crippen molar-refractivity contribution < 1.29 is 14.7 Å². The molecule has 7 heteroatoms. The van der Waals surface area contributed by atoms with E-state index in [4.69, 9.17) is 5.11 Å². The highest BCUT2D eigenvalue weighted by Gasteiger charge is 2.14. The molecule has 0 fully saturated rings. The molecule has 0 saturated carbocycles. The third-order valence-corrected chi connectivity index (χ3v) is 4.77. The van der Waals surface area contributed by atoms with E-state index in [-0.39, 0.29) is 5.56 Å². The first-order valence-electron chi connectivity index (χ1n) is 6.08. The average molecular weight is 369 g/mol. The van der Waals surface area contributed by atoms with Crippen molar-refractivity contribution in [3.05, 3.63) is 50.1 Å². The van der Waals surface area contributed by atoms with Crippen LogP contribution in [0.15, 0.2) is 34.1 Å². The van der Waals surface area contributed by atoms with Crippen molar-refractivity contribution in [1.82, 2.24) is 5.32 Å². The number of carbonyl (C=O) groups is 2. The Morgan fingerprint density at radius 3 is 2.71 bits per heavy atom. The Morgan fingerprint density at radius 2 is 2.10 bits per heavy atom. The van der Waals surface area contributed by atoms with Crippen LogP contribution in [-0.4, -0.2) is 17.1 Å². The van der Waals surface area contributed by atoms with Crippen LogP contribution in [-0.2, 0) is 6.54 Å². The lowest BCUT2D eigenvalue weighted by Gasteiger charge is -2.12. The van der Waals surface area contributed by atoms with Crippen molar-refractivity contribution in [3.63, 3.8) is 0 Å². The highest BCUT2D eigenvalue weighted by atomic mass is 79.9. The number of carboxylic acids is 1. The molecule has 21 heavy (non-hydrogen) atoms. The highest BCUT2D eigenvalue weighted by Crippen LogP contribution is 2.23. The molecule has 2 aromatic rings. The summed E-state index contributed by atoms with van der Waals surface area (Å²) < 4.78 is 0.940. The molecule has 1 heterocycles. The van der Waals surface area contributed by atoms with Gasteiger partial charge in [0, 0.05) is 9.35 Å². The molecule has 0 radical (unpaired) electrons. The van der Waals surface area contributed by atoms with Crippen molar-refractivity contribution in [1.29, 1.82) is 0 Å². The van der Waals surface area contributed by atoms with Crippen molar-refractivity contribution in [3.8, 4) is 0 Å². The lowest BCUT2D eigenvalue weighted by atomic mass is 10.1. The predicted octanol–water partition coefficient (Wildman–Crippen LogP) is 3.84. The SMILES string of the molecule is Cc1cccc(C(=O)O)c1NC(=O)NCc1sccc1Br. The van der Waals surface area contributed by atoms with Crippen LogP contribution < -0.4 is 10.6 Å². The molecule has 0 bridgehead atoms. The van der Waals surface area contributed by atoms with E-state index in [0.29, 0.717) is 17.8 Å². The van der Waals surface area contributed by atoms with Gasteiger partial charge in [-0.3, -0.25) is 0 Å². The van der Waals surface area contributed by atoms with Crippen LogP contribution in [0.1, 0.15) is 20.8 Å². The topological polar surface area (TPSA) is 78.4 Å². The second-order valence-corrected chi connectivity index (χ2v) is 6.16. The number of carbonyl (C=O) groups excluding carboxylic acids is 1. The fourth-order valence-corrected chi connectivity index (χ4v) is 3.21. The zero-order chi connectivity index (χ0) is 15.4. The second-order valence-electron chi connectivity index (χ2n) is 4.30. The number of hydrogen-bond donors (Lipinski definition) is 3. The fourth-order valence-electron chi connectivity index (χ4n) is 1.78. The van der Waals surface area contributed by atoms with Gasteiger partial charge in [-0.2, -0.15) is 0 Å². The summed E-state index contributed by atoms with van der Waals surface area (Å²) in [6, 6.07) is 6.32. The first kappa shape index (κ1) is 15.5. The molecule has 0 spiro atoms. The summed E-state index contributed by atoms with van der Waals surface area (Å²) in [5.74, 6) is -1.07. The van der Waals surface area contributed by atoms with Gasteiger partial charge in [-0.1, -0.05) is 12.1 Å². The molecule has 1 aromatic carbocycles. The zero-order valence-electron chi connectivity index (χ0n) is 11.1. The molecule has 0 saturated heterocycles. The van der Waals surface area contributed by atoms with Crippen LogP contribution in [0, 0.1) is 6.92 Å². The van der Waals surface area contributed by atoms with Gasteiger partial charge in [-0.25, -0.2) is 9.59 Å². The molecular weight excluding hydrogens is 356 g/mol. The van der Waals surface area contributed by atoms with E-state index < -0.39 is 12.0 Å². The number of anilines is 1. The molecule has 1 aromatic heterocycles. The molecule has 0 unspecified atom stereocenters. The number of rotatable bonds is 4. The number of urea groups is 1. The van der Waals surface area contributed by atoms with Crippen LogP contribution in [0.4, 0.5) is 10.5 Å². The minimum Gasteiger partial charge on any atom is -0.478 e. The molecule has 2 amide bonds. The maximum Gasteiger partial charge on any atom is 0.337 e. The van der Waals surface area contributed by atoms with Crippen molar-refractivity contribution in [2.45, 2.75) is 13.5 Å². The third-order valence-electron chi connectivity index (χ3n) is 2.84. The number of amides is 2. The van der Waals surface area contributed by atoms with Gasteiger partial charge in [0.15, 0.2) is 0 Å². The van der Waals surface area contributed by atoms with E-state index in [9.17, 15) is 9.59 Å². The van der Waals surface area contributed by atoms with E-state index in [1.54, 1.807) is 19.1 Å². The van der Waals surface area contributed by atoms with Gasteiger partial charge in [0.25, 0.3) is 0 Å². The molecule has 3 N–H and O–H groups in total. The molecule has 2 rings (SSSR count). The van der Waals surface area contributed by atoms with E-state index in [1.165, 1.54) is 17.4 Å². The zero-order valence-corrected chi connectivity index (χ0v) is 13.5. The molecule has 110 valence electrons. The van der Waals surface area contributed by atoms with Crippen LogP contribution in [0.2, 0.25) is 0 Å². The average Bonchev–Trinajstić information content (AvgIpc) is 2.84. The van der Waals surface area contributed by atoms with Crippen LogP contribution in [0.5, 0.6) is 0 Å². The van der Waals surface area contributed by atoms with E-state index in [1.807, 2.05) is 11.4 Å². The van der Waals surface area contributed by atoms with Gasteiger partial charge < -0.3 is 15.7 Å². The largest absolute Gasteiger partial charge is 0.478 e. The van der Waals surface area contributed by atoms with Crippen LogP contribution in [0.25, 0.3) is 0 Å². The summed E-state index contributed by atoms with van der Waals surface area (Å²) in [6.07, 6.45) is 0. The van der Waals surface area contributed by atoms with Crippen molar-refractivity contribution >= 4 is 45.0 Å². The number of nitrogens with one attached hydrogen (secondary N) is 2. The maximum atomic E-state index is 11.9. The van der Waals surface area contributed by atoms with Crippen LogP contribution in [0.3, 0.4) is 0 Å². The predicted molar refractivity (Wildman–Crippen MR) is 86.0 cm³/mol. The first-order chi connectivity index (χ1) is 9.99. The Bertz CT molecular complexity index is 685. The van der Waals surface area contributed by atoms with Gasteiger partial charge in [-0.15, -0.1) is 11.3 Å². The smallest absolute Gasteiger partial charge is 0.337 e. The van der Waals surface area contributed by atoms with Gasteiger partial charge in [0.05, 0.1) is 17.8 Å². The lowest BCUT2D eigenvalue weighted by Crippen LogP contribution is -2.29. The Balaban J connectivity index is 2.06. The standard InChI is InChI=1S/C14H13BrN2O3S/c1-8-3-2-4-9(13(18)19)12(8)17-14(20)16-7-11-10(15)5-6-21-11/h2-6H,7H2,1H3,(H,18,19)(H2,16,17,20). The molecule has 0 atom stereocenters. The number of thiophene rings is 1. The summed E-state index contributed by atoms with van der Waals surface area (Å²) in [6.45, 7) is 2.12. The number of aryl methyl sites for hydroxylation is 1. The number of benzene rings is 1. The number of para-hydroxylation sites is 1. The molecule has 0 aliphatic carbocycles. The van der Waals surface area contributed by atoms with Crippen LogP contribution >= 0.6 is 27.3 Å². The van der Waals surface area contributed by atoms with Gasteiger partial charge >= 0.3 is 12.0 Å². The molecular formula is C14H13BrN2O3S. The van der Waals surface area contributed by atoms with E-state index in [2.05, 4.69) is 26.6 Å². The number of hydrogen-bond acceptors (Lipinski definition) is 3. The molecule has 5 nitrogen and oxygen atoms in total. The maximum absolute atomic E-state index is 11.9. The number of carboxylic acid groups (broad SMARTS) is 1. The quantitative estimate of drug-likeness (QED) is 0.766. The third kappa shape index (κ3) is 3.83. The van der Waals surface area contributed by atoms with Crippen molar-refractivity contribution in [2.24, 2.45) is 0 Å². The summed E-state index contributed by atoms with van der Waals surface area (Å²) in [5.41, 5.74) is 1.08. The normalized spacial score (nSPS) is 10.2. The monoisotopic (exact) mass is 368 g/mol. The summed E-state index contributed by atoms with van der Waals surface area (Å²) in [5, 5.41) is 16.4.